The molecular weight excluding hydrogens is 282 g/mol. The minimum Gasteiger partial charge on any atom is -0.323 e. The van der Waals surface area contributed by atoms with Crippen molar-refractivity contribution in [3.63, 3.8) is 0 Å². The van der Waals surface area contributed by atoms with Gasteiger partial charge in [-0.2, -0.15) is 5.26 Å². The van der Waals surface area contributed by atoms with Crippen LogP contribution in [0.2, 0.25) is 5.02 Å². The van der Waals surface area contributed by atoms with E-state index in [1.807, 2.05) is 55.5 Å². The average molecular weight is 296 g/mol. The molecule has 0 aliphatic heterocycles. The molecule has 0 N–H and O–H groups in total. The molecule has 3 nitrogen and oxygen atoms in total. The van der Waals surface area contributed by atoms with Crippen molar-refractivity contribution in [1.82, 2.24) is 9.55 Å². The van der Waals surface area contributed by atoms with Crippen LogP contribution in [-0.4, -0.2) is 9.55 Å². The van der Waals surface area contributed by atoms with Crippen LogP contribution in [0.15, 0.2) is 48.5 Å². The van der Waals surface area contributed by atoms with Crippen molar-refractivity contribution in [2.45, 2.75) is 13.5 Å². The molecule has 1 heterocycles. The highest BCUT2D eigenvalue weighted by Crippen LogP contribution is 2.30. The first-order chi connectivity index (χ1) is 10.2. The van der Waals surface area contributed by atoms with Gasteiger partial charge < -0.3 is 4.57 Å². The summed E-state index contributed by atoms with van der Waals surface area (Å²) >= 11 is 6.31. The topological polar surface area (TPSA) is 41.6 Å². The molecule has 1 aromatic heterocycles. The Morgan fingerprint density at radius 3 is 2.67 bits per heavy atom. The molecule has 104 valence electrons. The number of hydrogen-bond acceptors (Lipinski definition) is 2. The van der Waals surface area contributed by atoms with Gasteiger partial charge in [0, 0.05) is 12.1 Å². The number of benzene rings is 2. The molecule has 0 saturated carbocycles. The largest absolute Gasteiger partial charge is 0.323 e. The summed E-state index contributed by atoms with van der Waals surface area (Å²) in [5, 5.41) is 9.78. The number of nitrogens with zero attached hydrogens (tertiary/aromatic N) is 3. The van der Waals surface area contributed by atoms with E-state index < -0.39 is 0 Å². The van der Waals surface area contributed by atoms with Gasteiger partial charge in [0.25, 0.3) is 0 Å². The highest BCUT2D eigenvalue weighted by atomic mass is 35.5. The normalized spacial score (nSPS) is 12.2. The molecule has 3 rings (SSSR count). The van der Waals surface area contributed by atoms with Gasteiger partial charge >= 0.3 is 0 Å². The van der Waals surface area contributed by atoms with Gasteiger partial charge in [-0.3, -0.25) is 0 Å². The Morgan fingerprint density at radius 1 is 1.19 bits per heavy atom. The van der Waals surface area contributed by atoms with Crippen molar-refractivity contribution in [3.05, 3.63) is 53.6 Å². The molecule has 0 spiro atoms. The van der Waals surface area contributed by atoms with Crippen molar-refractivity contribution in [2.75, 3.05) is 0 Å². The highest BCUT2D eigenvalue weighted by molar-refractivity contribution is 6.33. The van der Waals surface area contributed by atoms with Gasteiger partial charge in [-0.15, -0.1) is 0 Å². The quantitative estimate of drug-likeness (QED) is 0.713. The van der Waals surface area contributed by atoms with Gasteiger partial charge in [0.15, 0.2) is 0 Å². The first-order valence-electron chi connectivity index (χ1n) is 6.80. The zero-order valence-corrected chi connectivity index (χ0v) is 12.4. The fraction of sp³-hybridized carbons (Fsp3) is 0.176. The monoisotopic (exact) mass is 295 g/mol. The minimum atomic E-state index is -0.0937. The first kappa shape index (κ1) is 13.7. The molecule has 1 unspecified atom stereocenters. The maximum absolute atomic E-state index is 9.11. The van der Waals surface area contributed by atoms with Crippen molar-refractivity contribution >= 4 is 22.6 Å². The van der Waals surface area contributed by atoms with E-state index in [1.54, 1.807) is 0 Å². The van der Waals surface area contributed by atoms with Gasteiger partial charge in [0.1, 0.15) is 5.82 Å². The molecule has 0 aliphatic rings. The molecule has 0 radical (unpaired) electrons. The maximum atomic E-state index is 9.11. The third kappa shape index (κ3) is 2.51. The number of fused-ring (bicyclic) bond motifs is 1. The molecule has 0 amide bonds. The summed E-state index contributed by atoms with van der Waals surface area (Å²) in [4.78, 5) is 4.70. The fourth-order valence-electron chi connectivity index (χ4n) is 2.42. The Morgan fingerprint density at radius 2 is 1.90 bits per heavy atom. The summed E-state index contributed by atoms with van der Waals surface area (Å²) in [6.45, 7) is 2.50. The van der Waals surface area contributed by atoms with Crippen LogP contribution < -0.4 is 0 Å². The molecule has 0 fully saturated rings. The Hall–Kier alpha value is -2.31. The summed E-state index contributed by atoms with van der Waals surface area (Å²) in [5.41, 5.74) is 2.83. The van der Waals surface area contributed by atoms with Crippen LogP contribution in [0, 0.1) is 17.2 Å². The molecule has 0 bridgehead atoms. The summed E-state index contributed by atoms with van der Waals surface area (Å²) in [5.74, 6) is 0.716. The fourth-order valence-corrected chi connectivity index (χ4v) is 2.64. The zero-order chi connectivity index (χ0) is 14.8. The van der Waals surface area contributed by atoms with Gasteiger partial charge in [0.05, 0.1) is 28.0 Å². The summed E-state index contributed by atoms with van der Waals surface area (Å²) < 4.78 is 2.07. The Bertz CT molecular complexity index is 829. The number of halogens is 1. The lowest BCUT2D eigenvalue weighted by Gasteiger charge is -2.11. The zero-order valence-electron chi connectivity index (χ0n) is 11.6. The first-order valence-corrected chi connectivity index (χ1v) is 7.18. The van der Waals surface area contributed by atoms with E-state index >= 15 is 0 Å². The lowest BCUT2D eigenvalue weighted by molar-refractivity contribution is 0.597. The van der Waals surface area contributed by atoms with Gasteiger partial charge in [-0.1, -0.05) is 35.9 Å². The second-order valence-electron chi connectivity index (χ2n) is 5.04. The molecule has 1 atom stereocenters. The van der Waals surface area contributed by atoms with Crippen molar-refractivity contribution < 1.29 is 0 Å². The molecule has 21 heavy (non-hydrogen) atoms. The second kappa shape index (κ2) is 5.59. The van der Waals surface area contributed by atoms with Crippen LogP contribution in [0.3, 0.4) is 0 Å². The SMILES string of the molecule is CC(C#N)Cn1c(-c2ccccc2Cl)nc2ccccc21. The van der Waals surface area contributed by atoms with E-state index in [0.29, 0.717) is 11.6 Å². The Kier molecular flexibility index (Phi) is 3.64. The Labute approximate surface area is 128 Å². The molecule has 2 aromatic carbocycles. The number of aromatic nitrogens is 2. The third-order valence-corrected chi connectivity index (χ3v) is 3.78. The smallest absolute Gasteiger partial charge is 0.142 e. The highest BCUT2D eigenvalue weighted by Gasteiger charge is 2.16. The molecular formula is C17H14ClN3. The van der Waals surface area contributed by atoms with E-state index in [-0.39, 0.29) is 5.92 Å². The van der Waals surface area contributed by atoms with Crippen LogP contribution in [0.25, 0.3) is 22.4 Å². The summed E-state index contributed by atoms with van der Waals surface area (Å²) in [6.07, 6.45) is 0. The second-order valence-corrected chi connectivity index (χ2v) is 5.45. The van der Waals surface area contributed by atoms with Crippen molar-refractivity contribution in [3.8, 4) is 17.5 Å². The number of nitriles is 1. The van der Waals surface area contributed by atoms with Crippen LogP contribution in [0.4, 0.5) is 0 Å². The predicted octanol–water partition coefficient (Wildman–Crippen LogP) is 4.52. The van der Waals surface area contributed by atoms with E-state index in [9.17, 15) is 0 Å². The summed E-state index contributed by atoms with van der Waals surface area (Å²) in [6, 6.07) is 17.9. The van der Waals surface area contributed by atoms with Crippen LogP contribution in [0.1, 0.15) is 6.92 Å². The molecule has 3 aromatic rings. The number of hydrogen-bond donors (Lipinski definition) is 0. The summed E-state index contributed by atoms with van der Waals surface area (Å²) in [7, 11) is 0. The van der Waals surface area contributed by atoms with Crippen LogP contribution in [0.5, 0.6) is 0 Å². The maximum Gasteiger partial charge on any atom is 0.142 e. The van der Waals surface area contributed by atoms with Gasteiger partial charge in [-0.25, -0.2) is 4.98 Å². The standard InChI is InChI=1S/C17H14ClN3/c1-12(10-19)11-21-16-9-5-4-8-15(16)20-17(21)13-6-2-3-7-14(13)18/h2-9,12H,11H2,1H3. The van der Waals surface area contributed by atoms with Crippen molar-refractivity contribution in [1.29, 1.82) is 5.26 Å². The van der Waals surface area contributed by atoms with Gasteiger partial charge in [-0.05, 0) is 31.2 Å². The van der Waals surface area contributed by atoms with E-state index in [0.717, 1.165) is 22.4 Å². The molecule has 4 heteroatoms. The minimum absolute atomic E-state index is 0.0937. The van der Waals surface area contributed by atoms with Crippen LogP contribution in [-0.2, 0) is 6.54 Å². The number of rotatable bonds is 3. The van der Waals surface area contributed by atoms with E-state index in [4.69, 9.17) is 21.8 Å². The average Bonchev–Trinajstić information content (AvgIpc) is 2.86. The van der Waals surface area contributed by atoms with Crippen molar-refractivity contribution in [2.24, 2.45) is 5.92 Å². The Balaban J connectivity index is 2.24. The number of imidazole rings is 1. The van der Waals surface area contributed by atoms with E-state index in [1.165, 1.54) is 0 Å². The lowest BCUT2D eigenvalue weighted by atomic mass is 10.1. The third-order valence-electron chi connectivity index (χ3n) is 3.45. The van der Waals surface area contributed by atoms with Gasteiger partial charge in [0.2, 0.25) is 0 Å². The van der Waals surface area contributed by atoms with E-state index in [2.05, 4.69) is 10.6 Å². The number of para-hydroxylation sites is 2. The lowest BCUT2D eigenvalue weighted by Crippen LogP contribution is -2.07. The molecule has 0 aliphatic carbocycles. The molecule has 0 saturated heterocycles. The van der Waals surface area contributed by atoms with Crippen LogP contribution >= 0.6 is 11.6 Å². The predicted molar refractivity (Wildman–Crippen MR) is 85.0 cm³/mol.